The Kier molecular flexibility index (Phi) is 14.4. The molecule has 16 nitrogen and oxygen atoms in total. The fraction of sp³-hybridized carbons (Fsp3) is 0.893. The maximum atomic E-state index is 13.0. The van der Waals surface area contributed by atoms with E-state index in [9.17, 15) is 28.8 Å². The van der Waals surface area contributed by atoms with E-state index in [0.717, 1.165) is 38.5 Å². The van der Waals surface area contributed by atoms with E-state index in [0.29, 0.717) is 77.0 Å². The van der Waals surface area contributed by atoms with Crippen molar-refractivity contribution in [2.45, 2.75) is 221 Å². The smallest absolute Gasteiger partial charge is 0.302 e. The van der Waals surface area contributed by atoms with Crippen LogP contribution in [-0.2, 0) is 67.3 Å². The van der Waals surface area contributed by atoms with Gasteiger partial charge in [-0.05, 0) is 147 Å². The highest BCUT2D eigenvalue weighted by Crippen LogP contribution is 2.73. The molecule has 2 spiro atoms. The number of hydrogen-bond acceptors (Lipinski definition) is 14. The summed E-state index contributed by atoms with van der Waals surface area (Å²) in [7, 11) is 0. The molecule has 8 unspecified atom stereocenters. The molecule has 8 aliphatic carbocycles. The first-order valence-corrected chi connectivity index (χ1v) is 27.8. The number of nitrogens with two attached hydrogens (primary N) is 2. The van der Waals surface area contributed by atoms with Crippen LogP contribution in [0.5, 0.6) is 0 Å². The summed E-state index contributed by atoms with van der Waals surface area (Å²) in [4.78, 5) is 102. The third kappa shape index (κ3) is 9.00. The Bertz CT molecular complexity index is 1980. The minimum atomic E-state index is -1.20. The lowest BCUT2D eigenvalue weighted by atomic mass is 9.42. The lowest BCUT2D eigenvalue weighted by molar-refractivity contribution is -0.667. The normalized spacial score (nSPS) is 47.8. The fourth-order valence-corrected chi connectivity index (χ4v) is 19.3. The van der Waals surface area contributed by atoms with Gasteiger partial charge in [-0.15, -0.1) is 0 Å². The molecule has 0 aromatic rings. The maximum Gasteiger partial charge on any atom is 0.302 e. The number of rotatable bonds is 12. The minimum Gasteiger partial charge on any atom is -0.462 e. The second-order valence-corrected chi connectivity index (χ2v) is 26.0. The molecule has 16 heteroatoms. The Morgan fingerprint density at radius 2 is 0.847 bits per heavy atom. The minimum absolute atomic E-state index is 0.00924. The van der Waals surface area contributed by atoms with Gasteiger partial charge in [-0.1, -0.05) is 41.5 Å². The lowest BCUT2D eigenvalue weighted by Gasteiger charge is -2.66. The SMILES string of the molecule is CC(=O)O[C@H]1CC2C(C3CC[C@H](C(C)CCC(N)=O)[C@]31C)[C@H](OC(C)=O)C[C@@H]1CC3(CC[C@]21C)OOC1(CC[C@]2(C)C4C[C@H](OC(C)=O)[C@@]5(C)C(CC[C@@H]5C(C)CCC(N)=O)C4[C@H](OC(C)=O)C[C@@H]2C1)OO3. The standard InChI is InChI=1S/C56H86N2O14/c1-29(11-17-47(57)63)37-13-15-39-49-41(25-45(53(37,39)9)67-33(5)61)51(7)19-21-55(27-35(51)23-43(49)65-31(3)59)69-71-56(72-70-55)22-20-52(8)36(28-56)24-44(66-32(4)60)50-40-16-14-38(30(2)12-18-48(58)64)54(40,10)46(26-42(50)52)68-34(6)62/h29-30,35-46,49-50H,11-28H2,1-10H3,(H2,57,63)(H2,58,64)/t29?,30?,35-,36-,37-,38-,39?,40?,41?,42?,43-,44-,45+,46+,49?,50?,51+,52+,53-,54-,55?,56?/m1/s1. The number of fused-ring (bicyclic) bond motifs is 10. The summed E-state index contributed by atoms with van der Waals surface area (Å²) in [6, 6.07) is 0. The van der Waals surface area contributed by atoms with Crippen LogP contribution in [0.2, 0.25) is 0 Å². The molecule has 4 N–H and O–H groups in total. The van der Waals surface area contributed by atoms with Gasteiger partial charge < -0.3 is 30.4 Å². The highest BCUT2D eigenvalue weighted by molar-refractivity contribution is 5.74. The largest absolute Gasteiger partial charge is 0.462 e. The predicted octanol–water partition coefficient (Wildman–Crippen LogP) is 8.58. The van der Waals surface area contributed by atoms with Crippen LogP contribution >= 0.6 is 0 Å². The van der Waals surface area contributed by atoms with Crippen molar-refractivity contribution in [2.24, 2.45) is 104 Å². The number of hydrogen-bond donors (Lipinski definition) is 2. The van der Waals surface area contributed by atoms with Gasteiger partial charge in [-0.2, -0.15) is 19.6 Å². The predicted molar refractivity (Wildman–Crippen MR) is 259 cm³/mol. The van der Waals surface area contributed by atoms with Gasteiger partial charge in [0.1, 0.15) is 24.4 Å². The Morgan fingerprint density at radius 1 is 0.500 bits per heavy atom. The van der Waals surface area contributed by atoms with Crippen LogP contribution in [-0.4, -0.2) is 71.7 Å². The van der Waals surface area contributed by atoms with Gasteiger partial charge in [0.2, 0.25) is 23.4 Å². The van der Waals surface area contributed by atoms with Crippen molar-refractivity contribution in [1.82, 2.24) is 0 Å². The molecular weight excluding hydrogens is 925 g/mol. The summed E-state index contributed by atoms with van der Waals surface area (Å²) in [5.74, 6) is -3.05. The molecule has 0 bridgehead atoms. The topological polar surface area (TPSA) is 228 Å². The molecular formula is C56H86N2O14. The van der Waals surface area contributed by atoms with Gasteiger partial charge in [0.15, 0.2) is 0 Å². The van der Waals surface area contributed by atoms with Crippen LogP contribution < -0.4 is 11.5 Å². The van der Waals surface area contributed by atoms with E-state index in [1.165, 1.54) is 27.7 Å². The second-order valence-electron chi connectivity index (χ2n) is 26.0. The monoisotopic (exact) mass is 1010 g/mol. The summed E-state index contributed by atoms with van der Waals surface area (Å²) < 4.78 is 25.4. The van der Waals surface area contributed by atoms with Crippen LogP contribution in [0.15, 0.2) is 0 Å². The molecule has 8 saturated carbocycles. The van der Waals surface area contributed by atoms with E-state index in [4.69, 9.17) is 50.0 Å². The number of ether oxygens (including phenoxy) is 4. The Balaban J connectivity index is 0.934. The number of primary amides is 2. The number of amides is 2. The third-order valence-electron chi connectivity index (χ3n) is 22.6. The van der Waals surface area contributed by atoms with Gasteiger partial charge in [0, 0.05) is 88.9 Å². The Hall–Kier alpha value is -3.34. The number of carbonyl (C=O) groups is 6. The lowest BCUT2D eigenvalue weighted by Crippen LogP contribution is -2.66. The summed E-state index contributed by atoms with van der Waals surface area (Å²) in [6.45, 7) is 19.5. The van der Waals surface area contributed by atoms with E-state index < -0.39 is 11.6 Å². The Morgan fingerprint density at radius 3 is 1.17 bits per heavy atom. The van der Waals surface area contributed by atoms with Crippen molar-refractivity contribution in [3.8, 4) is 0 Å². The molecule has 2 amide bonds. The molecule has 0 radical (unpaired) electrons. The number of esters is 4. The van der Waals surface area contributed by atoms with E-state index in [2.05, 4.69) is 41.5 Å². The third-order valence-corrected chi connectivity index (χ3v) is 22.6. The van der Waals surface area contributed by atoms with Gasteiger partial charge in [0.05, 0.1) is 0 Å². The zero-order chi connectivity index (χ0) is 52.1. The zero-order valence-corrected chi connectivity index (χ0v) is 44.8. The van der Waals surface area contributed by atoms with Crippen molar-refractivity contribution >= 4 is 35.7 Å². The van der Waals surface area contributed by atoms with E-state index in [1.54, 1.807) is 0 Å². The highest BCUT2D eigenvalue weighted by atomic mass is 17.4. The van der Waals surface area contributed by atoms with Gasteiger partial charge >= 0.3 is 23.9 Å². The summed E-state index contributed by atoms with van der Waals surface area (Å²) >= 11 is 0. The van der Waals surface area contributed by atoms with E-state index >= 15 is 0 Å². The Labute approximate surface area is 426 Å². The van der Waals surface area contributed by atoms with Crippen LogP contribution in [0.4, 0.5) is 0 Å². The summed E-state index contributed by atoms with van der Waals surface area (Å²) in [5.41, 5.74) is 9.99. The van der Waals surface area contributed by atoms with Crippen molar-refractivity contribution in [3.05, 3.63) is 0 Å². The van der Waals surface area contributed by atoms with Gasteiger partial charge in [-0.3, -0.25) is 28.8 Å². The molecule has 20 atom stereocenters. The average molecular weight is 1010 g/mol. The van der Waals surface area contributed by atoms with Crippen LogP contribution in [0.3, 0.4) is 0 Å². The first-order chi connectivity index (χ1) is 33.8. The highest BCUT2D eigenvalue weighted by Gasteiger charge is 2.72. The molecule has 0 aromatic heterocycles. The molecule has 1 aliphatic heterocycles. The zero-order valence-electron chi connectivity index (χ0n) is 44.8. The van der Waals surface area contributed by atoms with Gasteiger partial charge in [0.25, 0.3) is 0 Å². The summed E-state index contributed by atoms with van der Waals surface area (Å²) in [6.07, 6.45) is 10.1. The molecule has 9 fully saturated rings. The van der Waals surface area contributed by atoms with Crippen molar-refractivity contribution in [3.63, 3.8) is 0 Å². The van der Waals surface area contributed by atoms with E-state index in [1.807, 2.05) is 0 Å². The van der Waals surface area contributed by atoms with Crippen LogP contribution in [0.25, 0.3) is 0 Å². The van der Waals surface area contributed by atoms with Crippen molar-refractivity contribution < 1.29 is 67.3 Å². The fourth-order valence-electron chi connectivity index (χ4n) is 19.3. The van der Waals surface area contributed by atoms with Crippen LogP contribution in [0, 0.1) is 92.7 Å². The van der Waals surface area contributed by atoms with E-state index in [-0.39, 0.29) is 153 Å². The number of carbonyl (C=O) groups excluding carboxylic acids is 6. The van der Waals surface area contributed by atoms with Crippen LogP contribution in [0.1, 0.15) is 185 Å². The molecule has 72 heavy (non-hydrogen) atoms. The van der Waals surface area contributed by atoms with Crippen molar-refractivity contribution in [1.29, 1.82) is 0 Å². The maximum absolute atomic E-state index is 13.0. The first-order valence-electron chi connectivity index (χ1n) is 27.8. The summed E-state index contributed by atoms with van der Waals surface area (Å²) in [5, 5.41) is 0. The van der Waals surface area contributed by atoms with Crippen molar-refractivity contribution in [2.75, 3.05) is 0 Å². The first kappa shape index (κ1) is 53.5. The average Bonchev–Trinajstić information content (AvgIpc) is 3.85. The molecule has 9 rings (SSSR count). The molecule has 1 heterocycles. The second kappa shape index (κ2) is 19.3. The quantitative estimate of drug-likeness (QED) is 0.106. The molecule has 404 valence electrons. The molecule has 0 aromatic carbocycles. The van der Waals surface area contributed by atoms with Gasteiger partial charge in [-0.25, -0.2) is 0 Å². The molecule has 9 aliphatic rings. The molecule has 1 saturated heterocycles.